The molecule has 26 heavy (non-hydrogen) atoms. The Kier molecular flexibility index (Phi) is 6.45. The molecule has 0 radical (unpaired) electrons. The van der Waals surface area contributed by atoms with Gasteiger partial charge >= 0.3 is 11.8 Å². The van der Waals surface area contributed by atoms with Gasteiger partial charge < -0.3 is 10.6 Å². The first-order valence-corrected chi connectivity index (χ1v) is 8.61. The lowest BCUT2D eigenvalue weighted by atomic mass is 10.2. The number of carbonyl (C=O) groups is 4. The third kappa shape index (κ3) is 5.42. The van der Waals surface area contributed by atoms with Crippen molar-refractivity contribution in [2.75, 3.05) is 5.32 Å². The van der Waals surface area contributed by atoms with E-state index in [2.05, 4.69) is 16.1 Å². The van der Waals surface area contributed by atoms with Crippen LogP contribution in [0.5, 0.6) is 0 Å². The lowest BCUT2D eigenvalue weighted by Gasteiger charge is -2.10. The molecule has 1 aromatic heterocycles. The first-order valence-electron chi connectivity index (χ1n) is 7.73. The van der Waals surface area contributed by atoms with Crippen LogP contribution >= 0.6 is 11.3 Å². The molecule has 8 nitrogen and oxygen atoms in total. The molecule has 4 N–H and O–H groups in total. The van der Waals surface area contributed by atoms with Crippen LogP contribution in [0, 0.1) is 0 Å². The molecule has 0 saturated carbocycles. The Morgan fingerprint density at radius 3 is 2.15 bits per heavy atom. The minimum atomic E-state index is -0.966. The lowest BCUT2D eigenvalue weighted by Crippen LogP contribution is -2.49. The zero-order chi connectivity index (χ0) is 19.1. The van der Waals surface area contributed by atoms with E-state index < -0.39 is 17.7 Å². The molecule has 2 aromatic rings. The van der Waals surface area contributed by atoms with Gasteiger partial charge in [-0.1, -0.05) is 6.07 Å². The molecule has 0 saturated heterocycles. The van der Waals surface area contributed by atoms with Crippen molar-refractivity contribution < 1.29 is 19.2 Å². The van der Waals surface area contributed by atoms with E-state index in [0.29, 0.717) is 10.6 Å². The molecule has 0 atom stereocenters. The fourth-order valence-electron chi connectivity index (χ4n) is 1.88. The number of anilines is 1. The zero-order valence-corrected chi connectivity index (χ0v) is 15.0. The Balaban J connectivity index is 1.87. The molecular formula is C17H18N4O4S. The highest BCUT2D eigenvalue weighted by molar-refractivity contribution is 7.12. The number of rotatable bonds is 4. The van der Waals surface area contributed by atoms with Gasteiger partial charge in [0.2, 0.25) is 0 Å². The van der Waals surface area contributed by atoms with Gasteiger partial charge in [0.15, 0.2) is 0 Å². The predicted octanol–water partition coefficient (Wildman–Crippen LogP) is 1.29. The number of hydrazine groups is 1. The van der Waals surface area contributed by atoms with Crippen molar-refractivity contribution in [2.24, 2.45) is 0 Å². The summed E-state index contributed by atoms with van der Waals surface area (Å²) in [6, 6.07) is 9.39. The number of benzene rings is 1. The van der Waals surface area contributed by atoms with Gasteiger partial charge in [-0.05, 0) is 49.6 Å². The minimum absolute atomic E-state index is 0.194. The van der Waals surface area contributed by atoms with Gasteiger partial charge in [-0.25, -0.2) is 0 Å². The van der Waals surface area contributed by atoms with Crippen molar-refractivity contribution in [3.63, 3.8) is 0 Å². The first kappa shape index (κ1) is 19.1. The molecule has 0 aliphatic carbocycles. The average molecular weight is 374 g/mol. The van der Waals surface area contributed by atoms with E-state index in [1.165, 1.54) is 23.5 Å². The smallest absolute Gasteiger partial charge is 0.327 e. The molecule has 0 aliphatic heterocycles. The molecular weight excluding hydrogens is 356 g/mol. The highest BCUT2D eigenvalue weighted by Crippen LogP contribution is 2.14. The first-order chi connectivity index (χ1) is 12.4. The summed E-state index contributed by atoms with van der Waals surface area (Å²) in [6.07, 6.45) is 0. The molecule has 0 bridgehead atoms. The van der Waals surface area contributed by atoms with Gasteiger partial charge in [0, 0.05) is 17.3 Å². The topological polar surface area (TPSA) is 116 Å². The van der Waals surface area contributed by atoms with Gasteiger partial charge in [-0.3, -0.25) is 30.0 Å². The molecule has 0 fully saturated rings. The molecule has 1 heterocycles. The highest BCUT2D eigenvalue weighted by Gasteiger charge is 2.15. The van der Waals surface area contributed by atoms with Gasteiger partial charge in [0.05, 0.1) is 4.88 Å². The van der Waals surface area contributed by atoms with Gasteiger partial charge in [-0.2, -0.15) is 0 Å². The van der Waals surface area contributed by atoms with E-state index >= 15 is 0 Å². The molecule has 0 aliphatic rings. The summed E-state index contributed by atoms with van der Waals surface area (Å²) >= 11 is 1.32. The van der Waals surface area contributed by atoms with Crippen LogP contribution in [0.3, 0.4) is 0 Å². The zero-order valence-electron chi connectivity index (χ0n) is 14.2. The summed E-state index contributed by atoms with van der Waals surface area (Å²) in [6.45, 7) is 3.42. The lowest BCUT2D eigenvalue weighted by molar-refractivity contribution is -0.139. The van der Waals surface area contributed by atoms with Crippen molar-refractivity contribution in [2.45, 2.75) is 19.9 Å². The Morgan fingerprint density at radius 1 is 0.885 bits per heavy atom. The van der Waals surface area contributed by atoms with Crippen LogP contribution in [-0.4, -0.2) is 29.7 Å². The van der Waals surface area contributed by atoms with Crippen LogP contribution in [0.1, 0.15) is 33.9 Å². The molecule has 2 rings (SSSR count). The highest BCUT2D eigenvalue weighted by atomic mass is 32.1. The number of carbonyl (C=O) groups excluding carboxylic acids is 4. The van der Waals surface area contributed by atoms with Crippen molar-refractivity contribution in [3.8, 4) is 0 Å². The molecule has 4 amide bonds. The van der Waals surface area contributed by atoms with E-state index in [-0.39, 0.29) is 17.5 Å². The van der Waals surface area contributed by atoms with Gasteiger partial charge in [0.1, 0.15) is 0 Å². The van der Waals surface area contributed by atoms with Gasteiger partial charge in [-0.15, -0.1) is 11.3 Å². The quantitative estimate of drug-likeness (QED) is 0.476. The van der Waals surface area contributed by atoms with E-state index in [0.717, 1.165) is 0 Å². The summed E-state index contributed by atoms with van der Waals surface area (Å²) in [4.78, 5) is 47.4. The van der Waals surface area contributed by atoms with Crippen molar-refractivity contribution in [1.82, 2.24) is 16.2 Å². The maximum atomic E-state index is 12.0. The van der Waals surface area contributed by atoms with Crippen molar-refractivity contribution in [3.05, 3.63) is 52.2 Å². The summed E-state index contributed by atoms with van der Waals surface area (Å²) in [5.74, 6) is -2.63. The van der Waals surface area contributed by atoms with E-state index in [9.17, 15) is 19.2 Å². The Labute approximate surface area is 153 Å². The maximum absolute atomic E-state index is 12.0. The molecule has 1 aromatic carbocycles. The minimum Gasteiger partial charge on any atom is -0.346 e. The fraction of sp³-hybridized carbons (Fsp3) is 0.176. The standard InChI is InChI=1S/C17H18N4O4S/c1-10(2)18-16(24)17(25)21-20-14(22)11-5-7-12(8-6-11)19-15(23)13-4-3-9-26-13/h3-10H,1-2H3,(H,18,24)(H,19,23)(H,20,22)(H,21,25). The summed E-state index contributed by atoms with van der Waals surface area (Å²) < 4.78 is 0. The maximum Gasteiger partial charge on any atom is 0.327 e. The molecule has 136 valence electrons. The van der Waals surface area contributed by atoms with Crippen LogP contribution in [0.2, 0.25) is 0 Å². The number of amides is 4. The van der Waals surface area contributed by atoms with Crippen LogP contribution in [0.25, 0.3) is 0 Å². The van der Waals surface area contributed by atoms with Crippen LogP contribution in [-0.2, 0) is 9.59 Å². The summed E-state index contributed by atoms with van der Waals surface area (Å²) in [5.41, 5.74) is 4.96. The van der Waals surface area contributed by atoms with Crippen molar-refractivity contribution >= 4 is 40.7 Å². The van der Waals surface area contributed by atoms with E-state index in [1.807, 2.05) is 5.43 Å². The number of hydrogen-bond acceptors (Lipinski definition) is 5. The third-order valence-corrected chi connectivity index (χ3v) is 3.93. The molecule has 0 unspecified atom stereocenters. The second kappa shape index (κ2) is 8.77. The molecule has 0 spiro atoms. The second-order valence-corrected chi connectivity index (χ2v) is 6.49. The summed E-state index contributed by atoms with van der Waals surface area (Å²) in [7, 11) is 0. The van der Waals surface area contributed by atoms with Crippen LogP contribution < -0.4 is 21.5 Å². The predicted molar refractivity (Wildman–Crippen MR) is 97.6 cm³/mol. The Hall–Kier alpha value is -3.20. The van der Waals surface area contributed by atoms with Crippen LogP contribution in [0.15, 0.2) is 41.8 Å². The van der Waals surface area contributed by atoms with E-state index in [1.54, 1.807) is 43.5 Å². The number of thiophene rings is 1. The fourth-order valence-corrected chi connectivity index (χ4v) is 2.49. The third-order valence-electron chi connectivity index (χ3n) is 3.07. The SMILES string of the molecule is CC(C)NC(=O)C(=O)NNC(=O)c1ccc(NC(=O)c2cccs2)cc1. The largest absolute Gasteiger partial charge is 0.346 e. The monoisotopic (exact) mass is 374 g/mol. The number of hydrogen-bond donors (Lipinski definition) is 4. The Bertz CT molecular complexity index is 801. The van der Waals surface area contributed by atoms with Crippen LogP contribution in [0.4, 0.5) is 5.69 Å². The van der Waals surface area contributed by atoms with E-state index in [4.69, 9.17) is 0 Å². The normalized spacial score (nSPS) is 10.1. The average Bonchev–Trinajstić information content (AvgIpc) is 3.14. The number of nitrogens with one attached hydrogen (secondary N) is 4. The Morgan fingerprint density at radius 2 is 1.58 bits per heavy atom. The van der Waals surface area contributed by atoms with Gasteiger partial charge in [0.25, 0.3) is 11.8 Å². The second-order valence-electron chi connectivity index (χ2n) is 5.55. The summed E-state index contributed by atoms with van der Waals surface area (Å²) in [5, 5.41) is 6.92. The van der Waals surface area contributed by atoms with Crippen molar-refractivity contribution in [1.29, 1.82) is 0 Å². The molecule has 9 heteroatoms.